The standard InChI is InChI=1S/C50H32N2O2.C29H26OSi.C14H14.C8H10/c1-29-11-17-45-37(23-29)35-7-3-5-9-43(35)51(45)33-15-21-49-41(27-33)39-25-31(13-19-47(39)53-49)32-14-20-48-40(26-32)42-28-34(16-22-50(42)54-48)52-44-10-6-4-8-36(44)38-24-30(2)12-18-46(38)52;1-18-5-7-20-15-21-8-9-22(16-25(21)24(20)13-18)31(3,4)23-10-12-29-27(17-23)26-14-19(2)6-11-28(26)30-29;1-11-5-3-7-13(9-11)14-8-4-6-12(2)10-14;1-7-4-3-5-8(2)6-7/h3-28H,1-2H3;5-14,16-17H,15H2,1-4H3;3-10H,1-2H3;3-6H,1-2H3. The molecule has 0 saturated carbocycles. The lowest BCUT2D eigenvalue weighted by molar-refractivity contribution is 0.668. The van der Waals surface area contributed by atoms with Crippen LogP contribution in [0.15, 0.2) is 317 Å². The molecule has 5 nitrogen and oxygen atoms in total. The number of hydrogen-bond donors (Lipinski definition) is 0. The van der Waals surface area contributed by atoms with Crippen LogP contribution in [0.2, 0.25) is 13.1 Å². The molecule has 1 aliphatic rings. The van der Waals surface area contributed by atoms with E-state index in [1.807, 2.05) is 0 Å². The van der Waals surface area contributed by atoms with Crippen molar-refractivity contribution >= 4 is 128 Å². The summed E-state index contributed by atoms with van der Waals surface area (Å²) in [7, 11) is -1.87. The first kappa shape index (κ1) is 66.5. The molecule has 0 atom stereocenters. The fraction of sp³-hybridized carbons (Fsp3) is 0.109. The third kappa shape index (κ3) is 12.2. The van der Waals surface area contributed by atoms with E-state index in [1.165, 1.54) is 143 Å². The van der Waals surface area contributed by atoms with Crippen LogP contribution in [-0.4, -0.2) is 17.2 Å². The quantitative estimate of drug-likeness (QED) is 0.156. The van der Waals surface area contributed by atoms with E-state index < -0.39 is 8.07 Å². The number of hydrogen-bond acceptors (Lipinski definition) is 3. The van der Waals surface area contributed by atoms with Crippen LogP contribution < -0.4 is 10.4 Å². The third-order valence-electron chi connectivity index (χ3n) is 22.1. The molecule has 0 radical (unpaired) electrons. The molecule has 107 heavy (non-hydrogen) atoms. The van der Waals surface area contributed by atoms with Crippen LogP contribution in [0, 0.1) is 55.4 Å². The minimum Gasteiger partial charge on any atom is -0.456 e. The molecule has 1 aliphatic carbocycles. The molecule has 0 unspecified atom stereocenters. The van der Waals surface area contributed by atoms with Crippen LogP contribution in [0.1, 0.15) is 55.6 Å². The molecule has 0 bridgehead atoms. The van der Waals surface area contributed by atoms with Gasteiger partial charge in [0.2, 0.25) is 0 Å². The van der Waals surface area contributed by atoms with Crippen LogP contribution in [0.3, 0.4) is 0 Å². The summed E-state index contributed by atoms with van der Waals surface area (Å²) < 4.78 is 23.7. The molecule has 518 valence electrons. The van der Waals surface area contributed by atoms with Crippen molar-refractivity contribution in [2.75, 3.05) is 0 Å². The summed E-state index contributed by atoms with van der Waals surface area (Å²) in [5.41, 5.74) is 33.6. The van der Waals surface area contributed by atoms with Crippen molar-refractivity contribution in [2.45, 2.75) is 74.9 Å². The van der Waals surface area contributed by atoms with E-state index in [0.717, 1.165) is 84.0 Å². The van der Waals surface area contributed by atoms with Crippen LogP contribution >= 0.6 is 0 Å². The predicted octanol–water partition coefficient (Wildman–Crippen LogP) is 26.8. The lowest BCUT2D eigenvalue weighted by atomic mass is 10.0. The van der Waals surface area contributed by atoms with E-state index in [1.54, 1.807) is 0 Å². The second kappa shape index (κ2) is 26.6. The fourth-order valence-corrected chi connectivity index (χ4v) is 18.8. The van der Waals surface area contributed by atoms with E-state index in [-0.39, 0.29) is 0 Å². The average molecular weight is 1400 g/mol. The highest BCUT2D eigenvalue weighted by atomic mass is 28.3. The van der Waals surface area contributed by atoms with Gasteiger partial charge in [0.1, 0.15) is 41.6 Å². The topological polar surface area (TPSA) is 49.3 Å². The largest absolute Gasteiger partial charge is 0.456 e. The molecule has 0 N–H and O–H groups in total. The molecule has 0 saturated heterocycles. The molecule has 21 rings (SSSR count). The summed E-state index contributed by atoms with van der Waals surface area (Å²) in [5, 5.41) is 14.9. The SMILES string of the molecule is Cc1ccc2c(c1)-c1cc([Si](C)(C)c3ccc4oc5ccc(C)cc5c4c3)ccc1C2.Cc1ccc2c(c1)c1ccccc1n2-c1ccc2oc3ccc(-c4ccc5oc6ccc(-n7c8ccccc8c8cc(C)ccc87)cc6c5c4)cc3c2c1.Cc1cccc(-c2cccc(C)c2)c1.Cc1cccc(C)c1. The van der Waals surface area contributed by atoms with Gasteiger partial charge < -0.3 is 22.4 Å². The highest BCUT2D eigenvalue weighted by molar-refractivity contribution is 7.00. The van der Waals surface area contributed by atoms with Gasteiger partial charge in [-0.25, -0.2) is 0 Å². The maximum Gasteiger partial charge on any atom is 0.135 e. The molecule has 5 aromatic heterocycles. The zero-order valence-electron chi connectivity index (χ0n) is 62.2. The van der Waals surface area contributed by atoms with E-state index in [0.29, 0.717) is 0 Å². The predicted molar refractivity (Wildman–Crippen MR) is 456 cm³/mol. The van der Waals surface area contributed by atoms with Crippen molar-refractivity contribution in [3.05, 3.63) is 359 Å². The van der Waals surface area contributed by atoms with Crippen LogP contribution in [-0.2, 0) is 6.42 Å². The zero-order valence-corrected chi connectivity index (χ0v) is 63.2. The van der Waals surface area contributed by atoms with E-state index >= 15 is 0 Å². The van der Waals surface area contributed by atoms with Gasteiger partial charge in [-0.1, -0.05) is 256 Å². The van der Waals surface area contributed by atoms with Crippen LogP contribution in [0.25, 0.3) is 154 Å². The second-order valence-electron chi connectivity index (χ2n) is 30.3. The Hall–Kier alpha value is -12.5. The smallest absolute Gasteiger partial charge is 0.135 e. The molecular weight excluding hydrogens is 1320 g/mol. The lowest BCUT2D eigenvalue weighted by Gasteiger charge is -2.24. The third-order valence-corrected chi connectivity index (χ3v) is 25.6. The van der Waals surface area contributed by atoms with Crippen LogP contribution in [0.5, 0.6) is 0 Å². The minimum absolute atomic E-state index is 0.879. The Kier molecular flexibility index (Phi) is 16.5. The number of furan rings is 3. The van der Waals surface area contributed by atoms with Crippen molar-refractivity contribution in [1.29, 1.82) is 0 Å². The van der Waals surface area contributed by atoms with Gasteiger partial charge in [-0.15, -0.1) is 0 Å². The van der Waals surface area contributed by atoms with Gasteiger partial charge in [0.25, 0.3) is 0 Å². The molecule has 0 fully saturated rings. The van der Waals surface area contributed by atoms with Gasteiger partial charge in [-0.3, -0.25) is 0 Å². The van der Waals surface area contributed by atoms with Crippen molar-refractivity contribution in [2.24, 2.45) is 0 Å². The molecular formula is C101H82N2O3Si. The Bertz CT molecular complexity index is 6640. The van der Waals surface area contributed by atoms with Crippen molar-refractivity contribution < 1.29 is 13.3 Å². The molecule has 0 spiro atoms. The summed E-state index contributed by atoms with van der Waals surface area (Å²) >= 11 is 0. The summed E-state index contributed by atoms with van der Waals surface area (Å²) in [4.78, 5) is 0. The molecule has 20 aromatic rings. The Morgan fingerprint density at radius 2 is 0.570 bits per heavy atom. The van der Waals surface area contributed by atoms with Gasteiger partial charge in [0.15, 0.2) is 0 Å². The highest BCUT2D eigenvalue weighted by Crippen LogP contribution is 2.42. The average Bonchev–Trinajstić information content (AvgIpc) is 1.60. The molecule has 0 amide bonds. The summed E-state index contributed by atoms with van der Waals surface area (Å²) in [6.07, 6.45) is 1.06. The van der Waals surface area contributed by atoms with Gasteiger partial charge in [0, 0.05) is 65.2 Å². The second-order valence-corrected chi connectivity index (χ2v) is 34.7. The molecule has 6 heteroatoms. The normalized spacial score (nSPS) is 12.0. The molecule has 5 heterocycles. The molecule has 15 aromatic carbocycles. The van der Waals surface area contributed by atoms with E-state index in [4.69, 9.17) is 13.3 Å². The number of aromatic nitrogens is 2. The van der Waals surface area contributed by atoms with Gasteiger partial charge in [-0.05, 0) is 222 Å². The maximum absolute atomic E-state index is 6.41. The number of benzene rings is 15. The number of rotatable bonds is 6. The van der Waals surface area contributed by atoms with Crippen molar-refractivity contribution in [3.8, 4) is 44.8 Å². The Balaban J connectivity index is 0.000000127. The maximum atomic E-state index is 6.41. The number of para-hydroxylation sites is 2. The summed E-state index contributed by atoms with van der Waals surface area (Å²) in [5.74, 6) is 0. The first-order valence-corrected chi connectivity index (χ1v) is 40.3. The van der Waals surface area contributed by atoms with E-state index in [9.17, 15) is 0 Å². The monoisotopic (exact) mass is 1400 g/mol. The number of fused-ring (bicyclic) bond motifs is 18. The van der Waals surface area contributed by atoms with Crippen LogP contribution in [0.4, 0.5) is 0 Å². The lowest BCUT2D eigenvalue weighted by Crippen LogP contribution is -2.52. The van der Waals surface area contributed by atoms with Crippen molar-refractivity contribution in [1.82, 2.24) is 9.13 Å². The number of nitrogens with zero attached hydrogens (tertiary/aromatic N) is 2. The van der Waals surface area contributed by atoms with Gasteiger partial charge >= 0.3 is 0 Å². The fourth-order valence-electron chi connectivity index (χ4n) is 16.5. The Labute approximate surface area is 624 Å². The number of aryl methyl sites for hydroxylation is 8. The van der Waals surface area contributed by atoms with E-state index in [2.05, 4.69) is 381 Å². The minimum atomic E-state index is -1.87. The molecule has 0 aliphatic heterocycles. The summed E-state index contributed by atoms with van der Waals surface area (Å²) in [6.45, 7) is 22.0. The Morgan fingerprint density at radius 3 is 1.07 bits per heavy atom. The first-order valence-electron chi connectivity index (χ1n) is 37.3. The van der Waals surface area contributed by atoms with Gasteiger partial charge in [0.05, 0.1) is 22.1 Å². The summed E-state index contributed by atoms with van der Waals surface area (Å²) in [6, 6.07) is 110. The Morgan fingerprint density at radius 1 is 0.234 bits per heavy atom. The van der Waals surface area contributed by atoms with Crippen molar-refractivity contribution in [3.63, 3.8) is 0 Å². The highest BCUT2D eigenvalue weighted by Gasteiger charge is 2.30. The first-order chi connectivity index (χ1) is 52.0. The van der Waals surface area contributed by atoms with Gasteiger partial charge in [-0.2, -0.15) is 0 Å². The zero-order chi connectivity index (χ0) is 72.9.